The Morgan fingerprint density at radius 2 is 0.371 bits per heavy atom. The maximum Gasteiger partial charge on any atom is 0.251 e. The zero-order valence-corrected chi connectivity index (χ0v) is 88.5. The van der Waals surface area contributed by atoms with Gasteiger partial charge in [0.15, 0.2) is 0 Å². The number of carbonyl (C=O) groups excluding carboxylic acids is 5. The van der Waals surface area contributed by atoms with Gasteiger partial charge in [-0.25, -0.2) is 0 Å². The molecule has 5 atom stereocenters. The SMILES string of the molecule is CCOCC.COc1ccc(C(CNC(=O)c2ccccc2C)N2CCCCC2)cc1.COc1ccc(C(CNC(=O)c2ccccc2C)N2CCCCC2)cc1.COc1ccc(C(CNC(=O)c2ccccc2C)N2CCCCC2)cc1.COc1ccc(C(CNC(=O)c2ccccc2C)N2CCCCC2)cc1.COc1ccc(C(CNC(=O)c2ccccc2C)N2CCCCC2)cc1.Cl.Cl.Cl.Cl.Cl. The third-order valence-electron chi connectivity index (χ3n) is 26.3. The molecule has 5 aliphatic heterocycles. The van der Waals surface area contributed by atoms with Crippen molar-refractivity contribution < 1.29 is 52.4 Å². The summed E-state index contributed by atoms with van der Waals surface area (Å²) in [5.41, 5.74) is 14.9. The number of rotatable bonds is 32. The number of hydrogen-bond acceptors (Lipinski definition) is 16. The minimum absolute atomic E-state index is 0. The molecule has 5 fully saturated rings. The van der Waals surface area contributed by atoms with E-state index in [1.54, 1.807) is 35.5 Å². The smallest absolute Gasteiger partial charge is 0.251 e. The average Bonchev–Trinajstić information content (AvgIpc) is 0.845. The van der Waals surface area contributed by atoms with E-state index in [-0.39, 0.29) is 122 Å². The standard InChI is InChI=1S/5C22H28N2O2.C4H10O.5ClH/c5*1-17-8-4-5-9-20(17)22(25)23-16-21(24-14-6-3-7-15-24)18-10-12-19(26-2)13-11-18;1-3-5-4-2;;;;;/h5*4-5,8-13,21H,3,6-7,14-16H2,1-2H3,(H,23,25);3-4H2,1-2H3;5*1H. The topological polar surface area (TPSA) is 217 Å². The summed E-state index contributed by atoms with van der Waals surface area (Å²) in [4.78, 5) is 75.6. The van der Waals surface area contributed by atoms with Gasteiger partial charge in [-0.05, 0) is 325 Å². The second kappa shape index (κ2) is 66.5. The monoisotopic (exact) mass is 2020 g/mol. The lowest BCUT2D eigenvalue weighted by Crippen LogP contribution is -2.40. The van der Waals surface area contributed by atoms with Gasteiger partial charge in [0.25, 0.3) is 29.5 Å². The van der Waals surface area contributed by atoms with E-state index in [0.29, 0.717) is 32.7 Å². The van der Waals surface area contributed by atoms with E-state index < -0.39 is 0 Å². The molecule has 5 unspecified atom stereocenters. The number of nitrogens with one attached hydrogen (secondary N) is 5. The van der Waals surface area contributed by atoms with Crippen LogP contribution in [0.4, 0.5) is 0 Å². The summed E-state index contributed by atoms with van der Waals surface area (Å²) in [6.45, 7) is 29.4. The number of halogens is 5. The van der Waals surface area contributed by atoms with Gasteiger partial charge in [-0.15, -0.1) is 62.0 Å². The first-order chi connectivity index (χ1) is 65.8. The Labute approximate surface area is 865 Å². The number of amides is 5. The van der Waals surface area contributed by atoms with Crippen LogP contribution >= 0.6 is 62.0 Å². The molecule has 21 nitrogen and oxygen atoms in total. The van der Waals surface area contributed by atoms with Gasteiger partial charge in [-0.1, -0.05) is 184 Å². The van der Waals surface area contributed by atoms with E-state index in [1.165, 1.54) is 124 Å². The van der Waals surface area contributed by atoms with Crippen LogP contribution in [0.2, 0.25) is 0 Å². The predicted octanol–water partition coefficient (Wildman–Crippen LogP) is 23.0. The number of hydrogen-bond donors (Lipinski definition) is 5. The van der Waals surface area contributed by atoms with Gasteiger partial charge in [0.2, 0.25) is 0 Å². The molecule has 5 N–H and O–H groups in total. The maximum atomic E-state index is 12.6. The van der Waals surface area contributed by atoms with Crippen LogP contribution in [0.5, 0.6) is 28.7 Å². The number of ether oxygens (including phenoxy) is 6. The van der Waals surface area contributed by atoms with Crippen molar-refractivity contribution >= 4 is 91.6 Å². The number of methoxy groups -OCH3 is 5. The Bertz CT molecular complexity index is 4440. The summed E-state index contributed by atoms with van der Waals surface area (Å²) in [5, 5.41) is 15.8. The number of aryl methyl sites for hydroxylation is 5. The van der Waals surface area contributed by atoms with Crippen LogP contribution in [0.1, 0.15) is 248 Å². The lowest BCUT2D eigenvalue weighted by molar-refractivity contribution is 0.0916. The van der Waals surface area contributed by atoms with Crippen molar-refractivity contribution in [2.45, 2.75) is 175 Å². The minimum Gasteiger partial charge on any atom is -0.497 e. The lowest BCUT2D eigenvalue weighted by Gasteiger charge is -2.35. The molecule has 5 aliphatic rings. The minimum atomic E-state index is -0.00128. The zero-order chi connectivity index (χ0) is 95.9. The fraction of sp³-hybridized carbons (Fsp3) is 0.430. The van der Waals surface area contributed by atoms with Gasteiger partial charge in [0, 0.05) is 73.8 Å². The van der Waals surface area contributed by atoms with Crippen molar-refractivity contribution in [1.29, 1.82) is 0 Å². The highest BCUT2D eigenvalue weighted by Crippen LogP contribution is 2.33. The Morgan fingerprint density at radius 3 is 0.493 bits per heavy atom. The molecule has 762 valence electrons. The molecule has 5 amide bonds. The Morgan fingerprint density at radius 1 is 0.229 bits per heavy atom. The molecule has 10 aromatic rings. The largest absolute Gasteiger partial charge is 0.497 e. The van der Waals surface area contributed by atoms with Crippen molar-refractivity contribution in [2.24, 2.45) is 0 Å². The number of nitrogens with zero attached hydrogens (tertiary/aromatic N) is 5. The molecule has 0 aromatic heterocycles. The van der Waals surface area contributed by atoms with Crippen molar-refractivity contribution in [3.63, 3.8) is 0 Å². The third kappa shape index (κ3) is 38.2. The third-order valence-corrected chi connectivity index (χ3v) is 26.3. The number of likely N-dealkylation sites (tertiary alicyclic amines) is 5. The van der Waals surface area contributed by atoms with Crippen LogP contribution in [0, 0.1) is 34.6 Å². The summed E-state index contributed by atoms with van der Waals surface area (Å²) in [7, 11) is 8.40. The van der Waals surface area contributed by atoms with Gasteiger partial charge in [-0.3, -0.25) is 48.5 Å². The molecule has 0 aliphatic carbocycles. The normalized spacial score (nSPS) is 15.2. The molecule has 0 saturated carbocycles. The molecule has 140 heavy (non-hydrogen) atoms. The van der Waals surface area contributed by atoms with Crippen molar-refractivity contribution in [1.82, 2.24) is 51.1 Å². The number of piperidine rings is 5. The van der Waals surface area contributed by atoms with Gasteiger partial charge in [0.1, 0.15) is 28.7 Å². The summed E-state index contributed by atoms with van der Waals surface area (Å²) < 4.78 is 31.2. The van der Waals surface area contributed by atoms with Crippen LogP contribution < -0.4 is 50.3 Å². The van der Waals surface area contributed by atoms with E-state index in [2.05, 4.69) is 112 Å². The molecule has 0 bridgehead atoms. The molecular weight excluding hydrogens is 1860 g/mol. The van der Waals surface area contributed by atoms with Crippen LogP contribution in [-0.4, -0.2) is 201 Å². The van der Waals surface area contributed by atoms with Gasteiger partial charge in [-0.2, -0.15) is 0 Å². The summed E-state index contributed by atoms with van der Waals surface area (Å²) >= 11 is 0. The summed E-state index contributed by atoms with van der Waals surface area (Å²) in [5.74, 6) is 4.28. The van der Waals surface area contributed by atoms with Gasteiger partial charge in [0.05, 0.1) is 65.8 Å². The highest BCUT2D eigenvalue weighted by atomic mass is 35.5. The van der Waals surface area contributed by atoms with E-state index in [4.69, 9.17) is 28.4 Å². The first-order valence-electron chi connectivity index (χ1n) is 49.0. The molecule has 0 radical (unpaired) electrons. The van der Waals surface area contributed by atoms with Crippen molar-refractivity contribution in [2.75, 3.05) is 147 Å². The second-order valence-corrected chi connectivity index (χ2v) is 35.3. The van der Waals surface area contributed by atoms with Gasteiger partial charge >= 0.3 is 0 Å². The molecule has 5 heterocycles. The Hall–Kier alpha value is -10.2. The first kappa shape index (κ1) is 120. The average molecular weight is 2020 g/mol. The summed E-state index contributed by atoms with van der Waals surface area (Å²) in [6.07, 6.45) is 18.7. The second-order valence-electron chi connectivity index (χ2n) is 35.3. The quantitative estimate of drug-likeness (QED) is 0.0265. The van der Waals surface area contributed by atoms with E-state index in [0.717, 1.165) is 163 Å². The highest BCUT2D eigenvalue weighted by molar-refractivity contribution is 5.98. The van der Waals surface area contributed by atoms with Crippen molar-refractivity contribution in [3.8, 4) is 28.7 Å². The lowest BCUT2D eigenvalue weighted by atomic mass is 10.0. The number of carbonyl (C=O) groups is 5. The fourth-order valence-corrected chi connectivity index (χ4v) is 18.3. The van der Waals surface area contributed by atoms with E-state index >= 15 is 0 Å². The number of benzene rings is 10. The van der Waals surface area contributed by atoms with Crippen molar-refractivity contribution in [3.05, 3.63) is 326 Å². The molecule has 26 heteroatoms. The van der Waals surface area contributed by atoms with E-state index in [9.17, 15) is 24.0 Å². The fourth-order valence-electron chi connectivity index (χ4n) is 18.3. The highest BCUT2D eigenvalue weighted by Gasteiger charge is 2.30. The van der Waals surface area contributed by atoms with E-state index in [1.807, 2.05) is 230 Å². The van der Waals surface area contributed by atoms with Gasteiger partial charge < -0.3 is 55.0 Å². The van der Waals surface area contributed by atoms with Crippen LogP contribution in [0.15, 0.2) is 243 Å². The molecule has 10 aromatic carbocycles. The van der Waals surface area contributed by atoms with Crippen LogP contribution in [-0.2, 0) is 4.74 Å². The first-order valence-corrected chi connectivity index (χ1v) is 49.0. The summed E-state index contributed by atoms with van der Waals surface area (Å²) in [6, 6.07) is 80.6. The Balaban J connectivity index is 0.000000302. The molecule has 15 rings (SSSR count). The maximum absolute atomic E-state index is 12.6. The van der Waals surface area contributed by atoms with Crippen LogP contribution in [0.3, 0.4) is 0 Å². The molecular formula is C114H155Cl5N10O11. The van der Waals surface area contributed by atoms with Crippen LogP contribution in [0.25, 0.3) is 0 Å². The predicted molar refractivity (Wildman–Crippen MR) is 582 cm³/mol. The zero-order valence-electron chi connectivity index (χ0n) is 84.4. The molecule has 5 saturated heterocycles. The molecule has 0 spiro atoms. The Kier molecular flexibility index (Phi) is 57.1.